The smallest absolute Gasteiger partial charge is 0.242 e. The topological polar surface area (TPSA) is 58.2 Å². The third kappa shape index (κ3) is 3.45. The Morgan fingerprint density at radius 3 is 2.72 bits per heavy atom. The highest BCUT2D eigenvalue weighted by Crippen LogP contribution is 2.26. The van der Waals surface area contributed by atoms with Crippen molar-refractivity contribution >= 4 is 21.6 Å². The number of hydrogen-bond donors (Lipinski definition) is 2. The largest absolute Gasteiger partial charge is 0.313 e. The van der Waals surface area contributed by atoms with Crippen molar-refractivity contribution in [3.8, 4) is 0 Å². The summed E-state index contributed by atoms with van der Waals surface area (Å²) in [6.45, 7) is 3.48. The lowest BCUT2D eigenvalue weighted by molar-refractivity contribution is 0.581. The van der Waals surface area contributed by atoms with Crippen molar-refractivity contribution in [1.29, 1.82) is 0 Å². The van der Waals surface area contributed by atoms with E-state index in [0.717, 1.165) is 24.9 Å². The van der Waals surface area contributed by atoms with Crippen molar-refractivity contribution in [3.05, 3.63) is 28.8 Å². The first-order valence-electron chi connectivity index (χ1n) is 6.04. The number of nitrogens with one attached hydrogen (secondary N) is 2. The molecule has 2 rings (SSSR count). The average Bonchev–Trinajstić information content (AvgIpc) is 3.11. The zero-order chi connectivity index (χ0) is 13.2. The van der Waals surface area contributed by atoms with Gasteiger partial charge in [0.15, 0.2) is 0 Å². The van der Waals surface area contributed by atoms with Gasteiger partial charge in [0.2, 0.25) is 10.0 Å². The van der Waals surface area contributed by atoms with Gasteiger partial charge in [0.1, 0.15) is 4.90 Å². The number of benzene rings is 1. The summed E-state index contributed by atoms with van der Waals surface area (Å²) in [7, 11) is -3.48. The Balaban J connectivity index is 2.24. The van der Waals surface area contributed by atoms with Gasteiger partial charge >= 0.3 is 0 Å². The van der Waals surface area contributed by atoms with Crippen LogP contribution in [0.2, 0.25) is 5.02 Å². The molecule has 1 aliphatic carbocycles. The second-order valence-electron chi connectivity index (χ2n) is 4.44. The van der Waals surface area contributed by atoms with Crippen molar-refractivity contribution < 1.29 is 8.42 Å². The van der Waals surface area contributed by atoms with Gasteiger partial charge in [-0.3, -0.25) is 0 Å². The summed E-state index contributed by atoms with van der Waals surface area (Å²) in [5, 5.41) is 3.42. The van der Waals surface area contributed by atoms with Crippen LogP contribution in [0.4, 0.5) is 0 Å². The highest BCUT2D eigenvalue weighted by Gasteiger charge is 2.29. The van der Waals surface area contributed by atoms with E-state index in [9.17, 15) is 8.42 Å². The van der Waals surface area contributed by atoms with Crippen LogP contribution in [0.5, 0.6) is 0 Å². The molecule has 0 saturated heterocycles. The molecule has 1 aliphatic rings. The fourth-order valence-corrected chi connectivity index (χ4v) is 3.47. The van der Waals surface area contributed by atoms with Gasteiger partial charge in [0.05, 0.1) is 5.02 Å². The molecule has 0 bridgehead atoms. The molecule has 0 spiro atoms. The lowest BCUT2D eigenvalue weighted by atomic mass is 10.2. The normalized spacial score (nSPS) is 15.9. The minimum atomic E-state index is -3.48. The zero-order valence-corrected chi connectivity index (χ0v) is 11.8. The molecule has 1 aromatic rings. The molecular weight excluding hydrogens is 272 g/mol. The monoisotopic (exact) mass is 288 g/mol. The van der Waals surface area contributed by atoms with E-state index in [1.807, 2.05) is 13.0 Å². The minimum Gasteiger partial charge on any atom is -0.313 e. The number of rotatable bonds is 6. The first-order chi connectivity index (χ1) is 8.53. The fourth-order valence-electron chi connectivity index (χ4n) is 1.62. The third-order valence-electron chi connectivity index (χ3n) is 2.76. The molecule has 2 N–H and O–H groups in total. The van der Waals surface area contributed by atoms with Crippen molar-refractivity contribution in [1.82, 2.24) is 10.0 Å². The Hall–Kier alpha value is -0.620. The molecule has 0 heterocycles. The van der Waals surface area contributed by atoms with Crippen LogP contribution in [0.15, 0.2) is 23.1 Å². The van der Waals surface area contributed by atoms with Gasteiger partial charge < -0.3 is 5.32 Å². The van der Waals surface area contributed by atoms with Crippen molar-refractivity contribution in [3.63, 3.8) is 0 Å². The highest BCUT2D eigenvalue weighted by molar-refractivity contribution is 7.89. The number of sulfonamides is 1. The zero-order valence-electron chi connectivity index (χ0n) is 10.2. The number of halogens is 1. The van der Waals surface area contributed by atoms with Crippen LogP contribution in [-0.2, 0) is 16.6 Å². The summed E-state index contributed by atoms with van der Waals surface area (Å²) in [4.78, 5) is 0.173. The summed E-state index contributed by atoms with van der Waals surface area (Å²) < 4.78 is 26.9. The molecule has 1 fully saturated rings. The molecule has 4 nitrogen and oxygen atoms in total. The lowest BCUT2D eigenvalue weighted by Gasteiger charge is -2.10. The van der Waals surface area contributed by atoms with Crippen molar-refractivity contribution in [2.75, 3.05) is 6.54 Å². The standard InChI is InChI=1S/C12H17ClN2O2S/c1-2-14-8-9-3-6-11(13)12(7-9)18(16,17)15-10-4-5-10/h3,6-7,10,14-15H,2,4-5,8H2,1H3. The molecule has 100 valence electrons. The molecule has 0 amide bonds. The van der Waals surface area contributed by atoms with Crippen LogP contribution in [0.3, 0.4) is 0 Å². The van der Waals surface area contributed by atoms with E-state index < -0.39 is 10.0 Å². The molecule has 0 radical (unpaired) electrons. The van der Waals surface area contributed by atoms with E-state index in [1.165, 1.54) is 0 Å². The second kappa shape index (κ2) is 5.57. The predicted molar refractivity (Wildman–Crippen MR) is 72.2 cm³/mol. The Kier molecular flexibility index (Phi) is 4.27. The summed E-state index contributed by atoms with van der Waals surface area (Å²) >= 11 is 5.98. The quantitative estimate of drug-likeness (QED) is 0.840. The molecule has 0 aliphatic heterocycles. The van der Waals surface area contributed by atoms with E-state index in [0.29, 0.717) is 6.54 Å². The molecule has 1 aromatic carbocycles. The maximum atomic E-state index is 12.1. The summed E-state index contributed by atoms with van der Waals surface area (Å²) in [5.74, 6) is 0. The maximum absolute atomic E-state index is 12.1. The van der Waals surface area contributed by atoms with Crippen LogP contribution in [0.25, 0.3) is 0 Å². The molecular formula is C12H17ClN2O2S. The van der Waals surface area contributed by atoms with E-state index in [1.54, 1.807) is 12.1 Å². The number of hydrogen-bond acceptors (Lipinski definition) is 3. The predicted octanol–water partition coefficient (Wildman–Crippen LogP) is 1.89. The first-order valence-corrected chi connectivity index (χ1v) is 7.90. The first kappa shape index (κ1) is 13.8. The molecule has 1 saturated carbocycles. The van der Waals surface area contributed by atoms with Crippen molar-refractivity contribution in [2.45, 2.75) is 37.2 Å². The third-order valence-corrected chi connectivity index (χ3v) is 4.77. The molecule has 0 atom stereocenters. The van der Waals surface area contributed by atoms with Crippen LogP contribution < -0.4 is 10.0 Å². The summed E-state index contributed by atoms with van der Waals surface area (Å²) in [6.07, 6.45) is 1.82. The Morgan fingerprint density at radius 1 is 1.39 bits per heavy atom. The Morgan fingerprint density at radius 2 is 2.11 bits per heavy atom. The molecule has 6 heteroatoms. The van der Waals surface area contributed by atoms with Gasteiger partial charge in [-0.25, -0.2) is 13.1 Å². The molecule has 18 heavy (non-hydrogen) atoms. The van der Waals surface area contributed by atoms with Gasteiger partial charge in [-0.1, -0.05) is 24.6 Å². The van der Waals surface area contributed by atoms with Crippen LogP contribution in [-0.4, -0.2) is 21.0 Å². The Bertz CT molecular complexity index is 527. The summed E-state index contributed by atoms with van der Waals surface area (Å²) in [6, 6.07) is 5.19. The Labute approximate surface area is 113 Å². The van der Waals surface area contributed by atoms with E-state index >= 15 is 0 Å². The van der Waals surface area contributed by atoms with Crippen LogP contribution in [0, 0.1) is 0 Å². The fraction of sp³-hybridized carbons (Fsp3) is 0.500. The van der Waals surface area contributed by atoms with E-state index in [2.05, 4.69) is 10.0 Å². The van der Waals surface area contributed by atoms with Gasteiger partial charge in [0.25, 0.3) is 0 Å². The average molecular weight is 289 g/mol. The van der Waals surface area contributed by atoms with Crippen LogP contribution in [0.1, 0.15) is 25.3 Å². The van der Waals surface area contributed by atoms with Gasteiger partial charge in [-0.05, 0) is 37.1 Å². The minimum absolute atomic E-state index is 0.0866. The van der Waals surface area contributed by atoms with E-state index in [-0.39, 0.29) is 16.0 Å². The molecule has 0 aromatic heterocycles. The van der Waals surface area contributed by atoms with Gasteiger partial charge in [-0.15, -0.1) is 0 Å². The summed E-state index contributed by atoms with van der Waals surface area (Å²) in [5.41, 5.74) is 0.914. The highest BCUT2D eigenvalue weighted by atomic mass is 35.5. The lowest BCUT2D eigenvalue weighted by Crippen LogP contribution is -2.26. The van der Waals surface area contributed by atoms with Gasteiger partial charge in [-0.2, -0.15) is 0 Å². The maximum Gasteiger partial charge on any atom is 0.242 e. The van der Waals surface area contributed by atoms with E-state index in [4.69, 9.17) is 11.6 Å². The van der Waals surface area contributed by atoms with Crippen LogP contribution >= 0.6 is 11.6 Å². The van der Waals surface area contributed by atoms with Gasteiger partial charge in [0, 0.05) is 12.6 Å². The van der Waals surface area contributed by atoms with Crippen molar-refractivity contribution in [2.24, 2.45) is 0 Å². The second-order valence-corrected chi connectivity index (χ2v) is 6.53. The SMILES string of the molecule is CCNCc1ccc(Cl)c(S(=O)(=O)NC2CC2)c1. The molecule has 0 unspecified atom stereocenters.